The summed E-state index contributed by atoms with van der Waals surface area (Å²) in [6.45, 7) is 13.3. The second-order valence-corrected chi connectivity index (χ2v) is 15.1. The molecule has 0 aliphatic heterocycles. The lowest BCUT2D eigenvalue weighted by Gasteiger charge is -2.09. The number of carbonyl (C=O) groups is 1. The second kappa shape index (κ2) is 47.2. The minimum Gasteiger partial charge on any atom is -0.491 e. The van der Waals surface area contributed by atoms with E-state index in [1.807, 2.05) is 0 Å². The van der Waals surface area contributed by atoms with Gasteiger partial charge in [0.05, 0.1) is 106 Å². The highest BCUT2D eigenvalue weighted by atomic mass is 16.6. The number of hydrogen-bond acceptors (Lipinski definition) is 11. The maximum absolute atomic E-state index is 11.9. The summed E-state index contributed by atoms with van der Waals surface area (Å²) in [5, 5.41) is 0. The van der Waals surface area contributed by atoms with E-state index in [0.717, 1.165) is 25.0 Å². The summed E-state index contributed by atoms with van der Waals surface area (Å²) in [5.41, 5.74) is 1.38. The van der Waals surface area contributed by atoms with Crippen molar-refractivity contribution < 1.29 is 52.2 Å². The van der Waals surface area contributed by atoms with Crippen LogP contribution in [0, 0.1) is 0 Å². The van der Waals surface area contributed by atoms with Gasteiger partial charge in [-0.3, -0.25) is 4.79 Å². The van der Waals surface area contributed by atoms with Crippen molar-refractivity contribution in [2.24, 2.45) is 0 Å². The Labute approximate surface area is 360 Å². The van der Waals surface area contributed by atoms with Crippen LogP contribution in [-0.4, -0.2) is 125 Å². The zero-order valence-corrected chi connectivity index (χ0v) is 37.9. The summed E-state index contributed by atoms with van der Waals surface area (Å²) >= 11 is 0. The van der Waals surface area contributed by atoms with Gasteiger partial charge in [-0.1, -0.05) is 135 Å². The van der Waals surface area contributed by atoms with Crippen LogP contribution in [0.2, 0.25) is 0 Å². The monoisotopic (exact) mass is 841 g/mol. The number of aryl methyl sites for hydroxylation is 1. The Bertz CT molecular complexity index is 965. The molecule has 0 atom stereocenters. The first-order valence-corrected chi connectivity index (χ1v) is 23.8. The van der Waals surface area contributed by atoms with Crippen LogP contribution in [0.15, 0.2) is 24.3 Å². The minimum absolute atomic E-state index is 0.129. The van der Waals surface area contributed by atoms with Crippen LogP contribution in [0.4, 0.5) is 0 Å². The highest BCUT2D eigenvalue weighted by Gasteiger charge is 2.03. The van der Waals surface area contributed by atoms with E-state index in [4.69, 9.17) is 47.4 Å². The van der Waals surface area contributed by atoms with E-state index in [1.165, 1.54) is 115 Å². The largest absolute Gasteiger partial charge is 0.491 e. The number of carbonyl (C=O) groups excluding carboxylic acids is 1. The predicted octanol–water partition coefficient (Wildman–Crippen LogP) is 10.1. The van der Waals surface area contributed by atoms with Gasteiger partial charge in [-0.05, 0) is 37.0 Å². The van der Waals surface area contributed by atoms with E-state index in [2.05, 4.69) is 38.1 Å². The van der Waals surface area contributed by atoms with Crippen molar-refractivity contribution in [1.29, 1.82) is 0 Å². The van der Waals surface area contributed by atoms with Gasteiger partial charge in [0.2, 0.25) is 0 Å². The molecule has 0 saturated carbocycles. The topological polar surface area (TPSA) is 109 Å². The van der Waals surface area contributed by atoms with Gasteiger partial charge < -0.3 is 47.4 Å². The van der Waals surface area contributed by atoms with Crippen LogP contribution < -0.4 is 4.74 Å². The van der Waals surface area contributed by atoms with Gasteiger partial charge in [-0.2, -0.15) is 0 Å². The Morgan fingerprint density at radius 1 is 0.356 bits per heavy atom. The SMILES string of the molecule is CCCCCCCCCCCCCCCC(=O)OCCOCCOCCOCCOCCOCCOCCOCCOCCOc1ccc(CCCCCCCC)cc1. The molecule has 0 aliphatic rings. The first-order chi connectivity index (χ1) is 29.3. The Balaban J connectivity index is 1.68. The molecule has 0 aromatic heterocycles. The van der Waals surface area contributed by atoms with Crippen molar-refractivity contribution in [2.45, 2.75) is 149 Å². The first kappa shape index (κ1) is 55.2. The summed E-state index contributed by atoms with van der Waals surface area (Å²) in [5.74, 6) is 0.756. The van der Waals surface area contributed by atoms with Gasteiger partial charge in [0.1, 0.15) is 19.0 Å². The van der Waals surface area contributed by atoms with Crippen LogP contribution in [0.3, 0.4) is 0 Å². The van der Waals surface area contributed by atoms with Crippen molar-refractivity contribution in [3.05, 3.63) is 29.8 Å². The third-order valence-electron chi connectivity index (χ3n) is 9.82. The number of esters is 1. The Morgan fingerprint density at radius 2 is 0.661 bits per heavy atom. The molecule has 1 aromatic carbocycles. The van der Waals surface area contributed by atoms with Crippen LogP contribution in [0.1, 0.15) is 148 Å². The van der Waals surface area contributed by atoms with Gasteiger partial charge in [0.25, 0.3) is 0 Å². The van der Waals surface area contributed by atoms with Gasteiger partial charge >= 0.3 is 5.97 Å². The number of benzene rings is 1. The van der Waals surface area contributed by atoms with Crippen molar-refractivity contribution in [3.63, 3.8) is 0 Å². The highest BCUT2D eigenvalue weighted by Crippen LogP contribution is 2.16. The standard InChI is InChI=1S/C48H88O11/c1-3-5-7-9-11-12-13-14-15-16-17-19-21-23-48(49)59-45-43-57-41-39-55-37-35-53-33-31-51-29-28-50-30-32-52-34-36-54-38-40-56-42-44-58-47-26-24-46(25-27-47)22-20-18-10-8-6-4-2/h24-27H,3-23,28-45H2,1-2H3. The van der Waals surface area contributed by atoms with E-state index in [0.29, 0.717) is 125 Å². The van der Waals surface area contributed by atoms with Crippen LogP contribution in [0.25, 0.3) is 0 Å². The molecule has 0 aliphatic carbocycles. The van der Waals surface area contributed by atoms with Crippen molar-refractivity contribution in [3.8, 4) is 5.75 Å². The average molecular weight is 841 g/mol. The molecule has 0 unspecified atom stereocenters. The summed E-state index contributed by atoms with van der Waals surface area (Å²) in [6, 6.07) is 8.44. The highest BCUT2D eigenvalue weighted by molar-refractivity contribution is 5.69. The average Bonchev–Trinajstić information content (AvgIpc) is 3.25. The van der Waals surface area contributed by atoms with Crippen LogP contribution >= 0.6 is 0 Å². The maximum Gasteiger partial charge on any atom is 0.305 e. The second-order valence-electron chi connectivity index (χ2n) is 15.1. The molecule has 0 saturated heterocycles. The van der Waals surface area contributed by atoms with E-state index >= 15 is 0 Å². The first-order valence-electron chi connectivity index (χ1n) is 23.8. The van der Waals surface area contributed by atoms with Crippen LogP contribution in [-0.2, 0) is 53.8 Å². The summed E-state index contributed by atoms with van der Waals surface area (Å²) in [7, 11) is 0. The van der Waals surface area contributed by atoms with Gasteiger partial charge in [-0.25, -0.2) is 0 Å². The summed E-state index contributed by atoms with van der Waals surface area (Å²) in [4.78, 5) is 11.9. The molecular formula is C48H88O11. The summed E-state index contributed by atoms with van der Waals surface area (Å²) in [6.07, 6.45) is 26.4. The molecule has 0 heterocycles. The Kier molecular flexibility index (Phi) is 44.2. The fourth-order valence-electron chi connectivity index (χ4n) is 6.30. The molecule has 1 aromatic rings. The zero-order valence-electron chi connectivity index (χ0n) is 37.9. The third kappa shape index (κ3) is 42.6. The zero-order chi connectivity index (χ0) is 42.2. The quantitative estimate of drug-likeness (QED) is 0.0462. The normalized spacial score (nSPS) is 11.4. The summed E-state index contributed by atoms with van der Waals surface area (Å²) < 4.78 is 55.3. The number of ether oxygens (including phenoxy) is 10. The minimum atomic E-state index is -0.129. The van der Waals surface area contributed by atoms with Crippen molar-refractivity contribution >= 4 is 5.97 Å². The Hall–Kier alpha value is -1.83. The molecule has 346 valence electrons. The lowest BCUT2D eigenvalue weighted by Crippen LogP contribution is -2.15. The van der Waals surface area contributed by atoms with E-state index in [-0.39, 0.29) is 5.97 Å². The molecule has 11 heteroatoms. The third-order valence-corrected chi connectivity index (χ3v) is 9.82. The predicted molar refractivity (Wildman–Crippen MR) is 237 cm³/mol. The molecule has 0 spiro atoms. The molecule has 0 N–H and O–H groups in total. The lowest BCUT2D eigenvalue weighted by molar-refractivity contribution is -0.145. The molecule has 0 radical (unpaired) electrons. The van der Waals surface area contributed by atoms with Gasteiger partial charge in [0, 0.05) is 6.42 Å². The van der Waals surface area contributed by atoms with Gasteiger partial charge in [-0.15, -0.1) is 0 Å². The fourth-order valence-corrected chi connectivity index (χ4v) is 6.30. The molecule has 1 rings (SSSR count). The van der Waals surface area contributed by atoms with Crippen LogP contribution in [0.5, 0.6) is 5.75 Å². The number of unbranched alkanes of at least 4 members (excludes halogenated alkanes) is 17. The van der Waals surface area contributed by atoms with E-state index in [9.17, 15) is 4.79 Å². The maximum atomic E-state index is 11.9. The molecule has 0 bridgehead atoms. The molecule has 11 nitrogen and oxygen atoms in total. The smallest absolute Gasteiger partial charge is 0.305 e. The molecule has 0 amide bonds. The molecular weight excluding hydrogens is 753 g/mol. The Morgan fingerprint density at radius 3 is 1.03 bits per heavy atom. The van der Waals surface area contributed by atoms with Crippen molar-refractivity contribution in [2.75, 3.05) is 119 Å². The molecule has 59 heavy (non-hydrogen) atoms. The van der Waals surface area contributed by atoms with E-state index in [1.54, 1.807) is 0 Å². The number of hydrogen-bond donors (Lipinski definition) is 0. The molecule has 0 fully saturated rings. The fraction of sp³-hybridized carbons (Fsp3) is 0.854. The van der Waals surface area contributed by atoms with Crippen molar-refractivity contribution in [1.82, 2.24) is 0 Å². The lowest BCUT2D eigenvalue weighted by atomic mass is 10.0. The van der Waals surface area contributed by atoms with E-state index < -0.39 is 0 Å². The number of rotatable bonds is 49. The van der Waals surface area contributed by atoms with Gasteiger partial charge in [0.15, 0.2) is 0 Å².